The Morgan fingerprint density at radius 3 is 3.00 bits per heavy atom. The normalized spacial score (nSPS) is 17.5. The number of likely N-dealkylation sites (tertiary alicyclic amines) is 1. The van der Waals surface area contributed by atoms with E-state index in [9.17, 15) is 9.59 Å². The van der Waals surface area contributed by atoms with Crippen molar-refractivity contribution in [2.45, 2.75) is 45.7 Å². The summed E-state index contributed by atoms with van der Waals surface area (Å²) in [5.41, 5.74) is 1.36. The Kier molecular flexibility index (Phi) is 5.53. The van der Waals surface area contributed by atoms with E-state index in [0.29, 0.717) is 12.1 Å². The van der Waals surface area contributed by atoms with Crippen molar-refractivity contribution in [3.05, 3.63) is 39.8 Å². The van der Waals surface area contributed by atoms with Crippen LogP contribution in [0.3, 0.4) is 0 Å². The van der Waals surface area contributed by atoms with Crippen LogP contribution >= 0.6 is 11.3 Å². The SMILES string of the molecule is CCCn1cc(C(=O)N[C@H]2CCCN(C(=O)c3cccs3)C2)c(C)n1. The minimum Gasteiger partial charge on any atom is -0.347 e. The molecule has 3 rings (SSSR count). The first-order chi connectivity index (χ1) is 12.1. The van der Waals surface area contributed by atoms with E-state index in [1.165, 1.54) is 11.3 Å². The molecule has 1 aliphatic heterocycles. The number of hydrogen-bond acceptors (Lipinski definition) is 4. The Morgan fingerprint density at radius 1 is 1.44 bits per heavy atom. The molecule has 134 valence electrons. The van der Waals surface area contributed by atoms with Crippen LogP contribution in [-0.4, -0.2) is 45.6 Å². The van der Waals surface area contributed by atoms with Crippen molar-refractivity contribution >= 4 is 23.2 Å². The van der Waals surface area contributed by atoms with E-state index >= 15 is 0 Å². The molecule has 0 radical (unpaired) electrons. The standard InChI is InChI=1S/C18H24N4O2S/c1-3-8-22-12-15(13(2)20-22)17(23)19-14-6-4-9-21(11-14)18(24)16-7-5-10-25-16/h5,7,10,12,14H,3-4,6,8-9,11H2,1-2H3,(H,19,23)/t14-/m0/s1. The van der Waals surface area contributed by atoms with E-state index in [2.05, 4.69) is 17.3 Å². The molecule has 0 aromatic carbocycles. The van der Waals surface area contributed by atoms with Gasteiger partial charge >= 0.3 is 0 Å². The molecule has 0 unspecified atom stereocenters. The summed E-state index contributed by atoms with van der Waals surface area (Å²) in [6.45, 7) is 6.05. The van der Waals surface area contributed by atoms with Gasteiger partial charge in [-0.1, -0.05) is 13.0 Å². The number of carbonyl (C=O) groups excluding carboxylic acids is 2. The Labute approximate surface area is 151 Å². The number of carbonyl (C=O) groups is 2. The molecule has 1 atom stereocenters. The number of nitrogens with one attached hydrogen (secondary N) is 1. The van der Waals surface area contributed by atoms with E-state index in [1.54, 1.807) is 0 Å². The average Bonchev–Trinajstić information content (AvgIpc) is 3.24. The molecule has 0 spiro atoms. The van der Waals surface area contributed by atoms with Gasteiger partial charge in [0.15, 0.2) is 0 Å². The van der Waals surface area contributed by atoms with Crippen LogP contribution in [0, 0.1) is 6.92 Å². The molecule has 25 heavy (non-hydrogen) atoms. The van der Waals surface area contributed by atoms with Crippen LogP contribution in [0.25, 0.3) is 0 Å². The van der Waals surface area contributed by atoms with Gasteiger partial charge in [-0.05, 0) is 37.6 Å². The molecule has 2 aromatic rings. The maximum absolute atomic E-state index is 12.6. The van der Waals surface area contributed by atoms with Gasteiger partial charge in [-0.3, -0.25) is 14.3 Å². The van der Waals surface area contributed by atoms with Crippen LogP contribution in [0.15, 0.2) is 23.7 Å². The molecule has 7 heteroatoms. The largest absolute Gasteiger partial charge is 0.347 e. The second-order valence-corrected chi connectivity index (χ2v) is 7.38. The van der Waals surface area contributed by atoms with Crippen molar-refractivity contribution in [2.75, 3.05) is 13.1 Å². The second-order valence-electron chi connectivity index (χ2n) is 6.43. The molecule has 0 saturated carbocycles. The lowest BCUT2D eigenvalue weighted by Gasteiger charge is -2.33. The number of aryl methyl sites for hydroxylation is 2. The number of piperidine rings is 1. The van der Waals surface area contributed by atoms with Crippen LogP contribution in [-0.2, 0) is 6.54 Å². The van der Waals surface area contributed by atoms with Gasteiger partial charge in [0.2, 0.25) is 0 Å². The number of aromatic nitrogens is 2. The molecule has 2 amide bonds. The maximum atomic E-state index is 12.6. The topological polar surface area (TPSA) is 67.2 Å². The van der Waals surface area contributed by atoms with Crippen molar-refractivity contribution in [3.63, 3.8) is 0 Å². The van der Waals surface area contributed by atoms with Crippen LogP contribution in [0.1, 0.15) is 51.9 Å². The van der Waals surface area contributed by atoms with Crippen LogP contribution in [0.2, 0.25) is 0 Å². The number of amides is 2. The maximum Gasteiger partial charge on any atom is 0.263 e. The van der Waals surface area contributed by atoms with E-state index in [-0.39, 0.29) is 17.9 Å². The van der Waals surface area contributed by atoms with Gasteiger partial charge in [-0.15, -0.1) is 11.3 Å². The fraction of sp³-hybridized carbons (Fsp3) is 0.500. The number of thiophene rings is 1. The van der Waals surface area contributed by atoms with Crippen LogP contribution in [0.4, 0.5) is 0 Å². The summed E-state index contributed by atoms with van der Waals surface area (Å²) >= 11 is 1.46. The molecule has 1 saturated heterocycles. The van der Waals surface area contributed by atoms with E-state index in [0.717, 1.165) is 42.9 Å². The zero-order chi connectivity index (χ0) is 17.8. The molecule has 1 N–H and O–H groups in total. The summed E-state index contributed by atoms with van der Waals surface area (Å²) in [5, 5.41) is 9.37. The highest BCUT2D eigenvalue weighted by atomic mass is 32.1. The van der Waals surface area contributed by atoms with Gasteiger partial charge in [-0.25, -0.2) is 0 Å². The third kappa shape index (κ3) is 4.10. The smallest absolute Gasteiger partial charge is 0.263 e. The lowest BCUT2D eigenvalue weighted by molar-refractivity contribution is 0.0680. The first-order valence-corrected chi connectivity index (χ1v) is 9.64. The molecule has 0 bridgehead atoms. The highest BCUT2D eigenvalue weighted by molar-refractivity contribution is 7.12. The lowest BCUT2D eigenvalue weighted by atomic mass is 10.0. The van der Waals surface area contributed by atoms with E-state index in [1.807, 2.05) is 40.2 Å². The quantitative estimate of drug-likeness (QED) is 0.891. The Hall–Kier alpha value is -2.15. The van der Waals surface area contributed by atoms with Crippen molar-refractivity contribution in [3.8, 4) is 0 Å². The van der Waals surface area contributed by atoms with E-state index < -0.39 is 0 Å². The number of nitrogens with zero attached hydrogens (tertiary/aromatic N) is 3. The van der Waals surface area contributed by atoms with Gasteiger partial charge in [0.05, 0.1) is 16.1 Å². The molecule has 1 aliphatic rings. The fourth-order valence-electron chi connectivity index (χ4n) is 3.18. The lowest BCUT2D eigenvalue weighted by Crippen LogP contribution is -2.49. The zero-order valence-corrected chi connectivity index (χ0v) is 15.5. The molecule has 2 aromatic heterocycles. The molecule has 1 fully saturated rings. The zero-order valence-electron chi connectivity index (χ0n) is 14.7. The van der Waals surface area contributed by atoms with Gasteiger partial charge < -0.3 is 10.2 Å². The van der Waals surface area contributed by atoms with Gasteiger partial charge in [-0.2, -0.15) is 5.10 Å². The minimum atomic E-state index is -0.102. The van der Waals surface area contributed by atoms with Crippen molar-refractivity contribution in [2.24, 2.45) is 0 Å². The minimum absolute atomic E-state index is 0.0147. The molecule has 3 heterocycles. The summed E-state index contributed by atoms with van der Waals surface area (Å²) in [5.74, 6) is -0.0452. The van der Waals surface area contributed by atoms with Crippen molar-refractivity contribution in [1.29, 1.82) is 0 Å². The predicted molar refractivity (Wildman–Crippen MR) is 98.0 cm³/mol. The van der Waals surface area contributed by atoms with Gasteiger partial charge in [0, 0.05) is 31.9 Å². The van der Waals surface area contributed by atoms with Gasteiger partial charge in [0.25, 0.3) is 11.8 Å². The first-order valence-electron chi connectivity index (χ1n) is 8.76. The molecule has 0 aliphatic carbocycles. The van der Waals surface area contributed by atoms with Crippen LogP contribution < -0.4 is 5.32 Å². The second kappa shape index (κ2) is 7.82. The van der Waals surface area contributed by atoms with E-state index in [4.69, 9.17) is 0 Å². The van der Waals surface area contributed by atoms with Crippen molar-refractivity contribution in [1.82, 2.24) is 20.0 Å². The van der Waals surface area contributed by atoms with Gasteiger partial charge in [0.1, 0.15) is 0 Å². The molecular formula is C18H24N4O2S. The Balaban J connectivity index is 1.62. The highest BCUT2D eigenvalue weighted by Crippen LogP contribution is 2.17. The third-order valence-corrected chi connectivity index (χ3v) is 5.28. The monoisotopic (exact) mass is 360 g/mol. The Bertz CT molecular complexity index is 738. The highest BCUT2D eigenvalue weighted by Gasteiger charge is 2.27. The fourth-order valence-corrected chi connectivity index (χ4v) is 3.87. The molecule has 6 nitrogen and oxygen atoms in total. The summed E-state index contributed by atoms with van der Waals surface area (Å²) < 4.78 is 1.82. The first kappa shape index (κ1) is 17.7. The average molecular weight is 360 g/mol. The molecular weight excluding hydrogens is 336 g/mol. The summed E-state index contributed by atoms with van der Waals surface area (Å²) in [6.07, 6.45) is 4.58. The summed E-state index contributed by atoms with van der Waals surface area (Å²) in [7, 11) is 0. The third-order valence-electron chi connectivity index (χ3n) is 4.42. The summed E-state index contributed by atoms with van der Waals surface area (Å²) in [4.78, 5) is 27.7. The summed E-state index contributed by atoms with van der Waals surface area (Å²) in [6, 6.07) is 3.72. The van der Waals surface area contributed by atoms with Crippen molar-refractivity contribution < 1.29 is 9.59 Å². The Morgan fingerprint density at radius 2 is 2.28 bits per heavy atom. The predicted octanol–water partition coefficient (Wildman–Crippen LogP) is 2.70. The number of hydrogen-bond donors (Lipinski definition) is 1. The van der Waals surface area contributed by atoms with Crippen LogP contribution in [0.5, 0.6) is 0 Å². The number of rotatable bonds is 5.